The van der Waals surface area contributed by atoms with Gasteiger partial charge >= 0.3 is 12.1 Å². The van der Waals surface area contributed by atoms with Crippen molar-refractivity contribution in [3.8, 4) is 0 Å². The molecule has 154 valence electrons. The Balaban J connectivity index is 1.74. The fourth-order valence-corrected chi connectivity index (χ4v) is 2.28. The molecule has 0 aromatic heterocycles. The van der Waals surface area contributed by atoms with Gasteiger partial charge in [-0.2, -0.15) is 0 Å². The van der Waals surface area contributed by atoms with Crippen LogP contribution in [0.25, 0.3) is 0 Å². The molecule has 2 rings (SSSR count). The summed E-state index contributed by atoms with van der Waals surface area (Å²) in [6, 6.07) is 6.44. The lowest BCUT2D eigenvalue weighted by atomic mass is 10.2. The molecular weight excluding hydrogens is 368 g/mol. The van der Waals surface area contributed by atoms with Crippen LogP contribution in [0, 0.1) is 0 Å². The molecule has 28 heavy (non-hydrogen) atoms. The number of ether oxygens (including phenoxy) is 3. The Bertz CT molecular complexity index is 690. The smallest absolute Gasteiger partial charge is 0.411 e. The third kappa shape index (κ3) is 6.71. The zero-order chi connectivity index (χ0) is 20.5. The van der Waals surface area contributed by atoms with Crippen LogP contribution in [0.3, 0.4) is 0 Å². The van der Waals surface area contributed by atoms with Gasteiger partial charge in [-0.25, -0.2) is 9.59 Å². The molecular formula is C18H26N4O6. The van der Waals surface area contributed by atoms with Crippen molar-refractivity contribution in [2.45, 2.75) is 6.10 Å². The largest absolute Gasteiger partial charge is 0.447 e. The molecule has 0 saturated carbocycles. The number of nitrogens with zero attached hydrogens (tertiary/aromatic N) is 2. The summed E-state index contributed by atoms with van der Waals surface area (Å²) in [6.07, 6.45) is -0.750. The van der Waals surface area contributed by atoms with Gasteiger partial charge < -0.3 is 29.3 Å². The minimum absolute atomic E-state index is 0.00131. The standard InChI is InChI=1S/C18H26N4O6/c1-21(2)16(23)12-28-15-10-22(11-15)17(24)19-13-5-4-6-14(9-13)20-18(25)27-8-7-26-3/h4-6,9,15H,7-8,10-12H2,1-3H3,(H,19,24)(H,20,25). The molecule has 0 aliphatic carbocycles. The molecule has 0 atom stereocenters. The van der Waals surface area contributed by atoms with Crippen LogP contribution >= 0.6 is 0 Å². The zero-order valence-corrected chi connectivity index (χ0v) is 16.3. The topological polar surface area (TPSA) is 109 Å². The van der Waals surface area contributed by atoms with Crippen LogP contribution in [0.15, 0.2) is 24.3 Å². The monoisotopic (exact) mass is 394 g/mol. The van der Waals surface area contributed by atoms with E-state index in [0.29, 0.717) is 31.1 Å². The van der Waals surface area contributed by atoms with Crippen LogP contribution < -0.4 is 10.6 Å². The Morgan fingerprint density at radius 1 is 1.14 bits per heavy atom. The molecule has 1 heterocycles. The minimum atomic E-state index is -0.601. The molecule has 1 fully saturated rings. The molecule has 4 amide bonds. The minimum Gasteiger partial charge on any atom is -0.447 e. The van der Waals surface area contributed by atoms with Gasteiger partial charge in [0.25, 0.3) is 0 Å². The van der Waals surface area contributed by atoms with E-state index in [-0.39, 0.29) is 31.3 Å². The maximum absolute atomic E-state index is 12.3. The Morgan fingerprint density at radius 2 is 1.82 bits per heavy atom. The van der Waals surface area contributed by atoms with Crippen molar-refractivity contribution in [1.29, 1.82) is 0 Å². The number of hydrogen-bond donors (Lipinski definition) is 2. The van der Waals surface area contributed by atoms with Crippen molar-refractivity contribution in [1.82, 2.24) is 9.80 Å². The van der Waals surface area contributed by atoms with Crippen LogP contribution in [0.2, 0.25) is 0 Å². The predicted octanol–water partition coefficient (Wildman–Crippen LogP) is 1.20. The lowest BCUT2D eigenvalue weighted by Crippen LogP contribution is -2.56. The van der Waals surface area contributed by atoms with E-state index in [2.05, 4.69) is 10.6 Å². The van der Waals surface area contributed by atoms with E-state index >= 15 is 0 Å². The maximum Gasteiger partial charge on any atom is 0.411 e. The third-order valence-corrected chi connectivity index (χ3v) is 3.96. The van der Waals surface area contributed by atoms with Gasteiger partial charge in [-0.05, 0) is 18.2 Å². The Kier molecular flexibility index (Phi) is 8.02. The van der Waals surface area contributed by atoms with E-state index in [1.54, 1.807) is 43.3 Å². The molecule has 1 aromatic rings. The average molecular weight is 394 g/mol. The molecule has 1 aliphatic rings. The van der Waals surface area contributed by atoms with E-state index in [9.17, 15) is 14.4 Å². The zero-order valence-electron chi connectivity index (χ0n) is 16.3. The van der Waals surface area contributed by atoms with Crippen molar-refractivity contribution < 1.29 is 28.6 Å². The fraction of sp³-hybridized carbons (Fsp3) is 0.500. The summed E-state index contributed by atoms with van der Waals surface area (Å²) in [5, 5.41) is 5.34. The second-order valence-electron chi connectivity index (χ2n) is 6.39. The Hall–Kier alpha value is -2.85. The van der Waals surface area contributed by atoms with E-state index < -0.39 is 6.09 Å². The van der Waals surface area contributed by atoms with Gasteiger partial charge in [0.1, 0.15) is 13.2 Å². The van der Waals surface area contributed by atoms with Crippen LogP contribution in [0.4, 0.5) is 21.0 Å². The van der Waals surface area contributed by atoms with Crippen LogP contribution in [-0.2, 0) is 19.0 Å². The molecule has 0 spiro atoms. The van der Waals surface area contributed by atoms with E-state index in [1.807, 2.05) is 0 Å². The van der Waals surface area contributed by atoms with E-state index in [4.69, 9.17) is 14.2 Å². The highest BCUT2D eigenvalue weighted by atomic mass is 16.6. The van der Waals surface area contributed by atoms with E-state index in [0.717, 1.165) is 0 Å². The molecule has 1 aliphatic heterocycles. The van der Waals surface area contributed by atoms with Gasteiger partial charge in [0, 0.05) is 32.6 Å². The highest BCUT2D eigenvalue weighted by Crippen LogP contribution is 2.18. The first kappa shape index (κ1) is 21.5. The van der Waals surface area contributed by atoms with Crippen LogP contribution in [0.5, 0.6) is 0 Å². The number of methoxy groups -OCH3 is 1. The van der Waals surface area contributed by atoms with Gasteiger partial charge in [0.15, 0.2) is 0 Å². The summed E-state index contributed by atoms with van der Waals surface area (Å²) in [4.78, 5) is 38.4. The Labute approximate surface area is 163 Å². The molecule has 0 unspecified atom stereocenters. The number of likely N-dealkylation sites (N-methyl/N-ethyl adjacent to an activating group) is 1. The van der Waals surface area contributed by atoms with Gasteiger partial charge in [-0.15, -0.1) is 0 Å². The summed E-state index contributed by atoms with van der Waals surface area (Å²) in [5.74, 6) is -0.118. The first-order valence-corrected chi connectivity index (χ1v) is 8.79. The second-order valence-corrected chi connectivity index (χ2v) is 6.39. The van der Waals surface area contributed by atoms with Crippen molar-refractivity contribution in [2.75, 3.05) is 64.7 Å². The number of carbonyl (C=O) groups excluding carboxylic acids is 3. The number of anilines is 2. The number of likely N-dealkylation sites (tertiary alicyclic amines) is 1. The van der Waals surface area contributed by atoms with Gasteiger partial charge in [0.05, 0.1) is 25.8 Å². The second kappa shape index (κ2) is 10.5. The first-order valence-electron chi connectivity index (χ1n) is 8.79. The molecule has 10 heteroatoms. The quantitative estimate of drug-likeness (QED) is 0.642. The van der Waals surface area contributed by atoms with Gasteiger partial charge in [-0.3, -0.25) is 10.1 Å². The fourth-order valence-electron chi connectivity index (χ4n) is 2.28. The number of hydrogen-bond acceptors (Lipinski definition) is 6. The average Bonchev–Trinajstić information content (AvgIpc) is 2.60. The summed E-state index contributed by atoms with van der Waals surface area (Å²) in [5.41, 5.74) is 1.03. The van der Waals surface area contributed by atoms with Gasteiger partial charge in [0.2, 0.25) is 5.91 Å². The summed E-state index contributed by atoms with van der Waals surface area (Å²) >= 11 is 0. The number of nitrogens with one attached hydrogen (secondary N) is 2. The normalized spacial score (nSPS) is 13.5. The molecule has 2 N–H and O–H groups in total. The Morgan fingerprint density at radius 3 is 2.46 bits per heavy atom. The lowest BCUT2D eigenvalue weighted by Gasteiger charge is -2.38. The first-order chi connectivity index (χ1) is 13.4. The van der Waals surface area contributed by atoms with Crippen LogP contribution in [0.1, 0.15) is 0 Å². The number of amides is 4. The predicted molar refractivity (Wildman–Crippen MR) is 102 cm³/mol. The van der Waals surface area contributed by atoms with Crippen LogP contribution in [-0.4, -0.2) is 88.1 Å². The molecule has 1 saturated heterocycles. The van der Waals surface area contributed by atoms with E-state index in [1.165, 1.54) is 12.0 Å². The van der Waals surface area contributed by atoms with Crippen molar-refractivity contribution in [3.63, 3.8) is 0 Å². The molecule has 10 nitrogen and oxygen atoms in total. The highest BCUT2D eigenvalue weighted by molar-refractivity contribution is 5.91. The van der Waals surface area contributed by atoms with Crippen molar-refractivity contribution >= 4 is 29.4 Å². The highest BCUT2D eigenvalue weighted by Gasteiger charge is 2.32. The van der Waals surface area contributed by atoms with Crippen molar-refractivity contribution in [2.24, 2.45) is 0 Å². The molecule has 1 aromatic carbocycles. The summed E-state index contributed by atoms with van der Waals surface area (Å²) in [6.45, 7) is 1.29. The molecule has 0 bridgehead atoms. The number of benzene rings is 1. The maximum atomic E-state index is 12.3. The number of rotatable bonds is 8. The third-order valence-electron chi connectivity index (χ3n) is 3.96. The van der Waals surface area contributed by atoms with Crippen molar-refractivity contribution in [3.05, 3.63) is 24.3 Å². The van der Waals surface area contributed by atoms with Gasteiger partial charge in [-0.1, -0.05) is 6.07 Å². The SMILES string of the molecule is COCCOC(=O)Nc1cccc(NC(=O)N2CC(OCC(=O)N(C)C)C2)c1. The molecule has 0 radical (unpaired) electrons. The summed E-state index contributed by atoms with van der Waals surface area (Å²) < 4.78 is 15.2. The summed E-state index contributed by atoms with van der Waals surface area (Å²) in [7, 11) is 4.84. The number of carbonyl (C=O) groups is 3. The lowest BCUT2D eigenvalue weighted by molar-refractivity contribution is -0.138. The number of urea groups is 1.